The zero-order valence-electron chi connectivity index (χ0n) is 14.0. The quantitative estimate of drug-likeness (QED) is 0.485. The van der Waals surface area contributed by atoms with Gasteiger partial charge in [0.15, 0.2) is 0 Å². The Bertz CT molecular complexity index is 1170. The molecule has 2 aromatic heterocycles. The van der Waals surface area contributed by atoms with Crippen LogP contribution < -0.4 is 5.32 Å². The summed E-state index contributed by atoms with van der Waals surface area (Å²) in [6.07, 6.45) is 0. The van der Waals surface area contributed by atoms with Gasteiger partial charge in [0, 0.05) is 5.39 Å². The summed E-state index contributed by atoms with van der Waals surface area (Å²) in [6.45, 7) is 1.84. The first-order valence-electron chi connectivity index (χ1n) is 7.94. The smallest absolute Gasteiger partial charge is 0.265 e. The Morgan fingerprint density at radius 2 is 1.81 bits per heavy atom. The number of rotatable bonds is 3. The average Bonchev–Trinajstić information content (AvgIpc) is 3.19. The molecule has 0 aliphatic rings. The van der Waals surface area contributed by atoms with Crippen LogP contribution >= 0.6 is 22.9 Å². The molecule has 0 bridgehead atoms. The second-order valence-electron chi connectivity index (χ2n) is 5.88. The number of hydrogen-bond donors (Lipinski definition) is 1. The fraction of sp³-hybridized carbons (Fsp3) is 0.0526. The molecule has 4 rings (SSSR count). The molecule has 0 saturated carbocycles. The number of amides is 1. The van der Waals surface area contributed by atoms with Crippen molar-refractivity contribution in [2.24, 2.45) is 0 Å². The molecular formula is C19H12ClF2N3OS. The van der Waals surface area contributed by atoms with Gasteiger partial charge in [-0.2, -0.15) is 5.10 Å². The maximum Gasteiger partial charge on any atom is 0.265 e. The SMILES string of the molecule is Cc1nn(-c2ccc(F)cc2)c2sc(C(=O)Nc3ccc(F)cc3Cl)cc12. The van der Waals surface area contributed by atoms with Crippen molar-refractivity contribution in [3.63, 3.8) is 0 Å². The van der Waals surface area contributed by atoms with Crippen molar-refractivity contribution in [1.82, 2.24) is 9.78 Å². The normalized spacial score (nSPS) is 11.1. The average molecular weight is 404 g/mol. The van der Waals surface area contributed by atoms with Gasteiger partial charge in [0.2, 0.25) is 0 Å². The summed E-state index contributed by atoms with van der Waals surface area (Å²) in [7, 11) is 0. The Labute approximate surface area is 162 Å². The van der Waals surface area contributed by atoms with Crippen LogP contribution in [-0.2, 0) is 0 Å². The number of anilines is 1. The molecule has 1 N–H and O–H groups in total. The van der Waals surface area contributed by atoms with Gasteiger partial charge in [-0.15, -0.1) is 11.3 Å². The Hall–Kier alpha value is -2.77. The molecule has 8 heteroatoms. The number of thiophene rings is 1. The van der Waals surface area contributed by atoms with E-state index in [1.165, 1.54) is 35.6 Å². The summed E-state index contributed by atoms with van der Waals surface area (Å²) in [4.78, 5) is 13.8. The molecule has 136 valence electrons. The third-order valence-electron chi connectivity index (χ3n) is 4.02. The van der Waals surface area contributed by atoms with E-state index >= 15 is 0 Å². The Morgan fingerprint density at radius 1 is 1.11 bits per heavy atom. The van der Waals surface area contributed by atoms with E-state index < -0.39 is 5.82 Å². The van der Waals surface area contributed by atoms with Gasteiger partial charge < -0.3 is 5.32 Å². The van der Waals surface area contributed by atoms with Crippen molar-refractivity contribution in [2.45, 2.75) is 6.92 Å². The van der Waals surface area contributed by atoms with Gasteiger partial charge in [-0.05, 0) is 55.5 Å². The molecule has 0 aliphatic carbocycles. The lowest BCUT2D eigenvalue weighted by Gasteiger charge is -2.06. The minimum absolute atomic E-state index is 0.123. The van der Waals surface area contributed by atoms with Gasteiger partial charge in [0.25, 0.3) is 5.91 Å². The molecule has 0 saturated heterocycles. The van der Waals surface area contributed by atoms with E-state index in [0.29, 0.717) is 16.3 Å². The van der Waals surface area contributed by atoms with E-state index in [9.17, 15) is 13.6 Å². The highest BCUT2D eigenvalue weighted by atomic mass is 35.5. The van der Waals surface area contributed by atoms with Gasteiger partial charge in [-0.3, -0.25) is 4.79 Å². The minimum Gasteiger partial charge on any atom is -0.320 e. The standard InChI is InChI=1S/C19H12ClF2N3OS/c1-10-14-9-17(18(26)23-16-7-4-12(22)8-15(16)20)27-19(14)25(24-10)13-5-2-11(21)3-6-13/h2-9H,1H3,(H,23,26). The number of nitrogens with one attached hydrogen (secondary N) is 1. The van der Waals surface area contributed by atoms with E-state index in [1.807, 2.05) is 6.92 Å². The number of carbonyl (C=O) groups excluding carboxylic acids is 1. The molecule has 1 amide bonds. The molecule has 0 aliphatic heterocycles. The number of halogens is 3. The molecule has 0 unspecified atom stereocenters. The number of benzene rings is 2. The Morgan fingerprint density at radius 3 is 2.52 bits per heavy atom. The summed E-state index contributed by atoms with van der Waals surface area (Å²) in [5, 5.41) is 8.11. The number of nitrogens with zero attached hydrogens (tertiary/aromatic N) is 2. The van der Waals surface area contributed by atoms with Crippen LogP contribution in [0.1, 0.15) is 15.4 Å². The van der Waals surface area contributed by atoms with Crippen LogP contribution in [0, 0.1) is 18.6 Å². The van der Waals surface area contributed by atoms with Gasteiger partial charge in [0.05, 0.1) is 27.0 Å². The van der Waals surface area contributed by atoms with Crippen LogP contribution in [0.25, 0.3) is 15.9 Å². The first-order valence-corrected chi connectivity index (χ1v) is 9.13. The molecule has 0 fully saturated rings. The van der Waals surface area contributed by atoms with E-state index in [-0.39, 0.29) is 16.7 Å². The first-order chi connectivity index (χ1) is 12.9. The van der Waals surface area contributed by atoms with E-state index in [1.54, 1.807) is 22.9 Å². The predicted octanol–water partition coefficient (Wildman–Crippen LogP) is 5.58. The third kappa shape index (κ3) is 3.31. The number of aryl methyl sites for hydroxylation is 1. The lowest BCUT2D eigenvalue weighted by molar-refractivity contribution is 0.103. The van der Waals surface area contributed by atoms with Gasteiger partial charge in [-0.25, -0.2) is 13.5 Å². The van der Waals surface area contributed by atoms with E-state index in [0.717, 1.165) is 22.0 Å². The maximum absolute atomic E-state index is 13.2. The molecule has 4 aromatic rings. The lowest BCUT2D eigenvalue weighted by Crippen LogP contribution is -2.10. The molecule has 0 atom stereocenters. The van der Waals surface area contributed by atoms with E-state index in [4.69, 9.17) is 11.6 Å². The number of fused-ring (bicyclic) bond motifs is 1. The first kappa shape index (κ1) is 17.6. The van der Waals surface area contributed by atoms with Gasteiger partial charge in [-0.1, -0.05) is 11.6 Å². The van der Waals surface area contributed by atoms with Crippen molar-refractivity contribution in [1.29, 1.82) is 0 Å². The molecular weight excluding hydrogens is 392 g/mol. The van der Waals surface area contributed by atoms with Crippen molar-refractivity contribution in [3.05, 3.63) is 75.8 Å². The molecule has 27 heavy (non-hydrogen) atoms. The van der Waals surface area contributed by atoms with Crippen LogP contribution in [0.15, 0.2) is 48.5 Å². The monoisotopic (exact) mass is 403 g/mol. The topological polar surface area (TPSA) is 46.9 Å². The van der Waals surface area contributed by atoms with Crippen molar-refractivity contribution in [3.8, 4) is 5.69 Å². The van der Waals surface area contributed by atoms with Crippen LogP contribution in [-0.4, -0.2) is 15.7 Å². The van der Waals surface area contributed by atoms with Gasteiger partial charge >= 0.3 is 0 Å². The Kier molecular flexibility index (Phi) is 4.41. The van der Waals surface area contributed by atoms with Gasteiger partial charge in [0.1, 0.15) is 16.5 Å². The van der Waals surface area contributed by atoms with E-state index in [2.05, 4.69) is 10.4 Å². The molecule has 0 spiro atoms. The van der Waals surface area contributed by atoms with Crippen LogP contribution in [0.4, 0.5) is 14.5 Å². The zero-order chi connectivity index (χ0) is 19.1. The third-order valence-corrected chi connectivity index (χ3v) is 5.44. The number of aromatic nitrogens is 2. The Balaban J connectivity index is 1.70. The molecule has 2 aromatic carbocycles. The van der Waals surface area contributed by atoms with Crippen molar-refractivity contribution < 1.29 is 13.6 Å². The second-order valence-corrected chi connectivity index (χ2v) is 7.32. The summed E-state index contributed by atoms with van der Waals surface area (Å²) in [6, 6.07) is 11.5. The summed E-state index contributed by atoms with van der Waals surface area (Å²) in [5.41, 5.74) is 1.78. The van der Waals surface area contributed by atoms with Crippen LogP contribution in [0.5, 0.6) is 0 Å². The highest BCUT2D eigenvalue weighted by Gasteiger charge is 2.18. The number of carbonyl (C=O) groups is 1. The fourth-order valence-corrected chi connectivity index (χ4v) is 3.98. The molecule has 4 nitrogen and oxygen atoms in total. The second kappa shape index (κ2) is 6.75. The van der Waals surface area contributed by atoms with Crippen molar-refractivity contribution in [2.75, 3.05) is 5.32 Å². The molecule has 0 radical (unpaired) electrons. The van der Waals surface area contributed by atoms with Crippen LogP contribution in [0.3, 0.4) is 0 Å². The summed E-state index contributed by atoms with van der Waals surface area (Å²) >= 11 is 7.22. The zero-order valence-corrected chi connectivity index (χ0v) is 15.5. The fourth-order valence-electron chi connectivity index (χ4n) is 2.69. The highest BCUT2D eigenvalue weighted by molar-refractivity contribution is 7.20. The largest absolute Gasteiger partial charge is 0.320 e. The highest BCUT2D eigenvalue weighted by Crippen LogP contribution is 2.31. The summed E-state index contributed by atoms with van der Waals surface area (Å²) < 4.78 is 28.0. The minimum atomic E-state index is -0.477. The maximum atomic E-state index is 13.2. The van der Waals surface area contributed by atoms with Crippen molar-refractivity contribution >= 4 is 44.7 Å². The molecule has 2 heterocycles. The summed E-state index contributed by atoms with van der Waals surface area (Å²) in [5.74, 6) is -1.16. The number of hydrogen-bond acceptors (Lipinski definition) is 3. The predicted molar refractivity (Wildman–Crippen MR) is 103 cm³/mol. The van der Waals surface area contributed by atoms with Crippen LogP contribution in [0.2, 0.25) is 5.02 Å². The lowest BCUT2D eigenvalue weighted by atomic mass is 10.2.